The van der Waals surface area contributed by atoms with Gasteiger partial charge in [0.1, 0.15) is 22.2 Å². The molecule has 0 radical (unpaired) electrons. The summed E-state index contributed by atoms with van der Waals surface area (Å²) in [6.07, 6.45) is 0. The zero-order valence-corrected chi connectivity index (χ0v) is 15.5. The van der Waals surface area contributed by atoms with Gasteiger partial charge in [-0.2, -0.15) is 0 Å². The average Bonchev–Trinajstić information content (AvgIpc) is 2.97. The van der Waals surface area contributed by atoms with Crippen molar-refractivity contribution >= 4 is 40.5 Å². The van der Waals surface area contributed by atoms with Gasteiger partial charge in [0.05, 0.1) is 5.69 Å². The summed E-state index contributed by atoms with van der Waals surface area (Å²) in [4.78, 5) is 15.7. The summed E-state index contributed by atoms with van der Waals surface area (Å²) >= 11 is 13.4. The van der Waals surface area contributed by atoms with Gasteiger partial charge in [0.25, 0.3) is 0 Å². The van der Waals surface area contributed by atoms with E-state index in [2.05, 4.69) is 4.98 Å². The van der Waals surface area contributed by atoms with Crippen molar-refractivity contribution in [2.24, 2.45) is 0 Å². The minimum Gasteiger partial charge on any atom is -0.489 e. The number of carbonyl (C=O) groups is 1. The molecule has 0 bridgehead atoms. The van der Waals surface area contributed by atoms with Crippen LogP contribution in [0.4, 0.5) is 0 Å². The molecule has 0 saturated heterocycles. The van der Waals surface area contributed by atoms with E-state index in [0.717, 1.165) is 22.5 Å². The number of halogens is 2. The third-order valence-corrected chi connectivity index (χ3v) is 5.44. The number of ether oxygens (including phenoxy) is 1. The van der Waals surface area contributed by atoms with Gasteiger partial charge in [0.2, 0.25) is 0 Å². The zero-order valence-electron chi connectivity index (χ0n) is 13.1. The van der Waals surface area contributed by atoms with Crippen LogP contribution >= 0.6 is 34.5 Å². The first kappa shape index (κ1) is 17.7. The van der Waals surface area contributed by atoms with E-state index in [-0.39, 0.29) is 11.5 Å². The summed E-state index contributed by atoms with van der Waals surface area (Å²) in [6.45, 7) is 1.95. The number of hydrogen-bond acceptors (Lipinski definition) is 4. The Labute approximate surface area is 158 Å². The van der Waals surface area contributed by atoms with Crippen molar-refractivity contribution in [2.45, 2.75) is 13.5 Å². The average molecular weight is 394 g/mol. The Balaban J connectivity index is 1.74. The zero-order chi connectivity index (χ0) is 18.0. The number of hydrogen-bond donors (Lipinski definition) is 1. The second-order valence-electron chi connectivity index (χ2n) is 5.25. The molecule has 3 aromatic rings. The van der Waals surface area contributed by atoms with Gasteiger partial charge in [0.15, 0.2) is 0 Å². The van der Waals surface area contributed by atoms with Gasteiger partial charge in [-0.3, -0.25) is 0 Å². The van der Waals surface area contributed by atoms with E-state index in [1.807, 2.05) is 12.1 Å². The monoisotopic (exact) mass is 393 g/mol. The van der Waals surface area contributed by atoms with Crippen molar-refractivity contribution < 1.29 is 14.6 Å². The number of nitrogens with zero attached hydrogens (tertiary/aromatic N) is 1. The molecule has 1 N–H and O–H groups in total. The summed E-state index contributed by atoms with van der Waals surface area (Å²) in [5.41, 5.74) is 2.08. The number of benzene rings is 2. The second kappa shape index (κ2) is 7.44. The predicted molar refractivity (Wildman–Crippen MR) is 100 cm³/mol. The lowest BCUT2D eigenvalue weighted by Crippen LogP contribution is -1.97. The van der Waals surface area contributed by atoms with Crippen LogP contribution in [0.5, 0.6) is 5.75 Å². The molecule has 0 aliphatic heterocycles. The van der Waals surface area contributed by atoms with Crippen molar-refractivity contribution in [1.29, 1.82) is 0 Å². The summed E-state index contributed by atoms with van der Waals surface area (Å²) in [6, 6.07) is 12.6. The number of rotatable bonds is 5. The molecular weight excluding hydrogens is 381 g/mol. The standard InChI is InChI=1S/C18H13Cl2NO3S/c1-10-16(18(22)23)25-17(21-10)11-5-7-12(8-6-11)24-9-13-14(19)3-2-4-15(13)20/h2-8H,9H2,1H3,(H,22,23). The molecule has 1 heterocycles. The lowest BCUT2D eigenvalue weighted by Gasteiger charge is -2.09. The van der Waals surface area contributed by atoms with Crippen molar-refractivity contribution in [2.75, 3.05) is 0 Å². The molecular formula is C18H13Cl2NO3S. The number of aromatic nitrogens is 1. The highest BCUT2D eigenvalue weighted by atomic mass is 35.5. The molecule has 3 rings (SSSR count). The Morgan fingerprint density at radius 1 is 1.16 bits per heavy atom. The van der Waals surface area contributed by atoms with Crippen LogP contribution in [0.3, 0.4) is 0 Å². The van der Waals surface area contributed by atoms with Crippen LogP contribution in [-0.4, -0.2) is 16.1 Å². The van der Waals surface area contributed by atoms with Gasteiger partial charge in [-0.25, -0.2) is 9.78 Å². The van der Waals surface area contributed by atoms with Gasteiger partial charge in [-0.15, -0.1) is 11.3 Å². The van der Waals surface area contributed by atoms with Crippen LogP contribution in [0.25, 0.3) is 10.6 Å². The predicted octanol–water partition coefficient (Wildman–Crippen LogP) is 5.70. The highest BCUT2D eigenvalue weighted by molar-refractivity contribution is 7.17. The maximum Gasteiger partial charge on any atom is 0.347 e. The highest BCUT2D eigenvalue weighted by Gasteiger charge is 2.15. The van der Waals surface area contributed by atoms with Crippen LogP contribution in [0, 0.1) is 6.92 Å². The molecule has 25 heavy (non-hydrogen) atoms. The van der Waals surface area contributed by atoms with Crippen LogP contribution < -0.4 is 4.74 Å². The molecule has 0 unspecified atom stereocenters. The Morgan fingerprint density at radius 2 is 1.80 bits per heavy atom. The highest BCUT2D eigenvalue weighted by Crippen LogP contribution is 2.30. The van der Waals surface area contributed by atoms with Crippen molar-refractivity contribution in [1.82, 2.24) is 4.98 Å². The smallest absolute Gasteiger partial charge is 0.347 e. The fourth-order valence-corrected chi connectivity index (χ4v) is 3.65. The molecule has 0 atom stereocenters. The molecule has 0 amide bonds. The van der Waals surface area contributed by atoms with Crippen LogP contribution in [-0.2, 0) is 6.61 Å². The molecule has 128 valence electrons. The summed E-state index contributed by atoms with van der Waals surface area (Å²) < 4.78 is 5.73. The number of carboxylic acids is 1. The first-order valence-corrected chi connectivity index (χ1v) is 8.90. The first-order valence-electron chi connectivity index (χ1n) is 7.32. The molecule has 0 fully saturated rings. The minimum atomic E-state index is -0.960. The van der Waals surface area contributed by atoms with Gasteiger partial charge in [-0.05, 0) is 43.3 Å². The molecule has 4 nitrogen and oxygen atoms in total. The molecule has 7 heteroatoms. The van der Waals surface area contributed by atoms with Gasteiger partial charge in [-0.1, -0.05) is 29.3 Å². The second-order valence-corrected chi connectivity index (χ2v) is 7.07. The third kappa shape index (κ3) is 3.95. The maximum atomic E-state index is 11.1. The maximum absolute atomic E-state index is 11.1. The molecule has 0 spiro atoms. The minimum absolute atomic E-state index is 0.253. The van der Waals surface area contributed by atoms with Gasteiger partial charge < -0.3 is 9.84 Å². The first-order chi connectivity index (χ1) is 12.0. The quantitative estimate of drug-likeness (QED) is 0.603. The van der Waals surface area contributed by atoms with E-state index >= 15 is 0 Å². The topological polar surface area (TPSA) is 59.4 Å². The van der Waals surface area contributed by atoms with E-state index in [4.69, 9.17) is 33.0 Å². The number of carboxylic acid groups (broad SMARTS) is 1. The van der Waals surface area contributed by atoms with E-state index in [0.29, 0.717) is 26.5 Å². The van der Waals surface area contributed by atoms with Crippen LogP contribution in [0.15, 0.2) is 42.5 Å². The van der Waals surface area contributed by atoms with Gasteiger partial charge in [0, 0.05) is 21.2 Å². The Morgan fingerprint density at radius 3 is 2.36 bits per heavy atom. The Bertz CT molecular complexity index is 902. The molecule has 0 aliphatic carbocycles. The molecule has 1 aromatic heterocycles. The SMILES string of the molecule is Cc1nc(-c2ccc(OCc3c(Cl)cccc3Cl)cc2)sc1C(=O)O. The lowest BCUT2D eigenvalue weighted by molar-refractivity contribution is 0.0701. The summed E-state index contributed by atoms with van der Waals surface area (Å²) in [7, 11) is 0. The largest absolute Gasteiger partial charge is 0.489 e. The number of aryl methyl sites for hydroxylation is 1. The summed E-state index contributed by atoms with van der Waals surface area (Å²) in [5, 5.41) is 10.9. The normalized spacial score (nSPS) is 10.7. The molecule has 0 saturated carbocycles. The van der Waals surface area contributed by atoms with Crippen molar-refractivity contribution in [3.63, 3.8) is 0 Å². The third-order valence-electron chi connectivity index (χ3n) is 3.54. The Hall–Kier alpha value is -2.08. The van der Waals surface area contributed by atoms with Crippen molar-refractivity contribution in [3.05, 3.63) is 68.6 Å². The van der Waals surface area contributed by atoms with E-state index in [1.165, 1.54) is 0 Å². The van der Waals surface area contributed by atoms with E-state index < -0.39 is 5.97 Å². The van der Waals surface area contributed by atoms with E-state index in [1.54, 1.807) is 37.3 Å². The fraction of sp³-hybridized carbons (Fsp3) is 0.111. The molecule has 2 aromatic carbocycles. The van der Waals surface area contributed by atoms with E-state index in [9.17, 15) is 4.79 Å². The Kier molecular flexibility index (Phi) is 5.27. The summed E-state index contributed by atoms with van der Waals surface area (Å²) in [5.74, 6) is -0.302. The molecule has 0 aliphatic rings. The number of thiazole rings is 1. The lowest BCUT2D eigenvalue weighted by atomic mass is 10.2. The van der Waals surface area contributed by atoms with Crippen LogP contribution in [0.2, 0.25) is 10.0 Å². The fourth-order valence-electron chi connectivity index (χ4n) is 2.24. The van der Waals surface area contributed by atoms with Gasteiger partial charge >= 0.3 is 5.97 Å². The van der Waals surface area contributed by atoms with Crippen molar-refractivity contribution in [3.8, 4) is 16.3 Å². The van der Waals surface area contributed by atoms with Crippen LogP contribution in [0.1, 0.15) is 20.9 Å². The number of aromatic carboxylic acids is 1.